The molecule has 7 heteroatoms. The molecule has 1 fully saturated rings. The van der Waals surface area contributed by atoms with Crippen LogP contribution >= 0.6 is 0 Å². The Labute approximate surface area is 197 Å². The first-order chi connectivity index (χ1) is 16.4. The van der Waals surface area contributed by atoms with Crippen molar-refractivity contribution in [1.29, 1.82) is 0 Å². The van der Waals surface area contributed by atoms with Crippen molar-refractivity contribution < 1.29 is 28.6 Å². The summed E-state index contributed by atoms with van der Waals surface area (Å²) in [7, 11) is 1.61. The molecule has 2 N–H and O–H groups in total. The molecule has 0 aliphatic carbocycles. The number of nitrogens with one attached hydrogen (secondary N) is 1. The molecule has 0 bridgehead atoms. The number of halogens is 1. The van der Waals surface area contributed by atoms with Crippen LogP contribution in [0.15, 0.2) is 72.8 Å². The molecule has 2 atom stereocenters. The van der Waals surface area contributed by atoms with Gasteiger partial charge in [-0.3, -0.25) is 4.79 Å². The van der Waals surface area contributed by atoms with E-state index in [1.165, 1.54) is 24.3 Å². The first kappa shape index (κ1) is 23.4. The van der Waals surface area contributed by atoms with Crippen LogP contribution in [0.5, 0.6) is 5.75 Å². The lowest BCUT2D eigenvalue weighted by Gasteiger charge is -2.29. The highest BCUT2D eigenvalue weighted by Gasteiger charge is 2.45. The Morgan fingerprint density at radius 3 is 2.41 bits per heavy atom. The summed E-state index contributed by atoms with van der Waals surface area (Å²) < 4.78 is 24.6. The monoisotopic (exact) mass is 463 g/mol. The summed E-state index contributed by atoms with van der Waals surface area (Å²) in [5.41, 5.74) is 1.81. The largest absolute Gasteiger partial charge is 0.496 e. The number of amides is 1. The van der Waals surface area contributed by atoms with Gasteiger partial charge in [-0.2, -0.15) is 0 Å². The molecule has 34 heavy (non-hydrogen) atoms. The van der Waals surface area contributed by atoms with E-state index in [2.05, 4.69) is 5.32 Å². The van der Waals surface area contributed by atoms with Crippen molar-refractivity contribution in [3.63, 3.8) is 0 Å². The minimum absolute atomic E-state index is 0.104. The number of carbonyl (C=O) groups is 2. The Hall–Kier alpha value is -3.71. The van der Waals surface area contributed by atoms with Gasteiger partial charge in [-0.25, -0.2) is 9.18 Å². The van der Waals surface area contributed by atoms with Crippen LogP contribution in [0.4, 0.5) is 4.39 Å². The number of carboxylic acids is 1. The summed E-state index contributed by atoms with van der Waals surface area (Å²) in [6, 6.07) is 19.5. The van der Waals surface area contributed by atoms with Gasteiger partial charge in [0.2, 0.25) is 0 Å². The number of methoxy groups -OCH3 is 1. The topological polar surface area (TPSA) is 84.9 Å². The molecule has 0 radical (unpaired) electrons. The van der Waals surface area contributed by atoms with E-state index in [-0.39, 0.29) is 6.42 Å². The second kappa shape index (κ2) is 10.1. The molecule has 0 unspecified atom stereocenters. The van der Waals surface area contributed by atoms with Crippen molar-refractivity contribution in [2.75, 3.05) is 13.7 Å². The van der Waals surface area contributed by atoms with E-state index in [1.54, 1.807) is 7.11 Å². The molecule has 1 aliphatic rings. The third-order valence-corrected chi connectivity index (χ3v) is 6.11. The van der Waals surface area contributed by atoms with Gasteiger partial charge in [-0.15, -0.1) is 0 Å². The second-order valence-corrected chi connectivity index (χ2v) is 8.25. The van der Waals surface area contributed by atoms with Gasteiger partial charge in [-0.05, 0) is 47.7 Å². The van der Waals surface area contributed by atoms with Crippen LogP contribution < -0.4 is 10.1 Å². The van der Waals surface area contributed by atoms with E-state index in [1.807, 2.05) is 48.5 Å². The fraction of sp³-hybridized carbons (Fsp3) is 0.259. The van der Waals surface area contributed by atoms with E-state index in [4.69, 9.17) is 9.47 Å². The van der Waals surface area contributed by atoms with Gasteiger partial charge in [0.15, 0.2) is 5.60 Å². The van der Waals surface area contributed by atoms with Crippen LogP contribution in [0.3, 0.4) is 0 Å². The minimum atomic E-state index is -1.32. The number of ether oxygens (including phenoxy) is 2. The maximum Gasteiger partial charge on any atom is 0.326 e. The number of hydrogen-bond acceptors (Lipinski definition) is 4. The molecule has 1 heterocycles. The number of rotatable bonds is 8. The third kappa shape index (κ3) is 4.79. The van der Waals surface area contributed by atoms with Crippen LogP contribution in [0.25, 0.3) is 11.1 Å². The molecule has 0 saturated carbocycles. The number of carboxylic acid groups (broad SMARTS) is 1. The van der Waals surface area contributed by atoms with Crippen molar-refractivity contribution >= 4 is 11.9 Å². The molecule has 3 aromatic rings. The Morgan fingerprint density at radius 2 is 1.79 bits per heavy atom. The normalized spacial score (nSPS) is 18.3. The van der Waals surface area contributed by atoms with E-state index in [0.717, 1.165) is 22.4 Å². The third-order valence-electron chi connectivity index (χ3n) is 6.11. The van der Waals surface area contributed by atoms with E-state index < -0.39 is 29.3 Å². The number of benzene rings is 3. The fourth-order valence-corrected chi connectivity index (χ4v) is 4.31. The van der Waals surface area contributed by atoms with Crippen LogP contribution in [-0.2, 0) is 26.3 Å². The molecule has 1 saturated heterocycles. The predicted octanol–water partition coefficient (Wildman–Crippen LogP) is 4.32. The van der Waals surface area contributed by atoms with Gasteiger partial charge >= 0.3 is 5.97 Å². The molecule has 0 aromatic heterocycles. The molecule has 4 rings (SSSR count). The maximum absolute atomic E-state index is 13.4. The van der Waals surface area contributed by atoms with Gasteiger partial charge < -0.3 is 19.9 Å². The zero-order valence-corrected chi connectivity index (χ0v) is 18.8. The van der Waals surface area contributed by atoms with Gasteiger partial charge in [0.1, 0.15) is 17.6 Å². The number of hydrogen-bond donors (Lipinski definition) is 2. The number of aliphatic carboxylic acids is 1. The Balaban J connectivity index is 1.52. The van der Waals surface area contributed by atoms with E-state index in [0.29, 0.717) is 25.0 Å². The zero-order chi connectivity index (χ0) is 24.1. The lowest BCUT2D eigenvalue weighted by atomic mass is 9.89. The zero-order valence-electron chi connectivity index (χ0n) is 18.8. The predicted molar refractivity (Wildman–Crippen MR) is 125 cm³/mol. The van der Waals surface area contributed by atoms with Crippen molar-refractivity contribution in [2.45, 2.75) is 30.9 Å². The Morgan fingerprint density at radius 1 is 1.09 bits per heavy atom. The molecule has 0 spiro atoms. The molecular weight excluding hydrogens is 437 g/mol. The molecule has 6 nitrogen and oxygen atoms in total. The molecule has 1 amide bonds. The number of para-hydroxylation sites is 1. The molecule has 1 aliphatic heterocycles. The van der Waals surface area contributed by atoms with Crippen molar-refractivity contribution in [2.24, 2.45) is 0 Å². The van der Waals surface area contributed by atoms with Gasteiger partial charge in [-0.1, -0.05) is 54.6 Å². The summed E-state index contributed by atoms with van der Waals surface area (Å²) in [6.07, 6.45) is 1.14. The Bertz CT molecular complexity index is 1150. The van der Waals surface area contributed by atoms with Gasteiger partial charge in [0.05, 0.1) is 7.11 Å². The summed E-state index contributed by atoms with van der Waals surface area (Å²) in [5, 5.41) is 12.4. The molecular formula is C27H26FNO5. The summed E-state index contributed by atoms with van der Waals surface area (Å²) in [5.74, 6) is -1.35. The fourth-order valence-electron chi connectivity index (χ4n) is 4.31. The minimum Gasteiger partial charge on any atom is -0.496 e. The van der Waals surface area contributed by atoms with Crippen LogP contribution in [0.1, 0.15) is 24.0 Å². The van der Waals surface area contributed by atoms with Crippen LogP contribution in [0, 0.1) is 5.82 Å². The first-order valence-corrected chi connectivity index (χ1v) is 11.1. The quantitative estimate of drug-likeness (QED) is 0.520. The standard InChI is InChI=1S/C27H26FNO5/c1-33-24-6-3-2-5-22(24)19-9-7-18(8-10-19)17-23(25(30)31)29-26(32)27(15-4-16-34-27)20-11-13-21(28)14-12-20/h2-3,5-14,23H,4,15-17H2,1H3,(H,29,32)(H,30,31)/t23-,27-/m0/s1. The first-order valence-electron chi connectivity index (χ1n) is 11.1. The smallest absolute Gasteiger partial charge is 0.326 e. The van der Waals surface area contributed by atoms with Gasteiger partial charge in [0.25, 0.3) is 5.91 Å². The SMILES string of the molecule is COc1ccccc1-c1ccc(C[C@H](NC(=O)[C@@]2(c3ccc(F)cc3)CCCO2)C(=O)O)cc1. The summed E-state index contributed by atoms with van der Waals surface area (Å²) in [6.45, 7) is 0.368. The average Bonchev–Trinajstić information content (AvgIpc) is 3.36. The van der Waals surface area contributed by atoms with Crippen LogP contribution in [0.2, 0.25) is 0 Å². The second-order valence-electron chi connectivity index (χ2n) is 8.25. The lowest BCUT2D eigenvalue weighted by molar-refractivity contribution is -0.149. The van der Waals surface area contributed by atoms with E-state index >= 15 is 0 Å². The Kier molecular flexibility index (Phi) is 6.93. The summed E-state index contributed by atoms with van der Waals surface area (Å²) >= 11 is 0. The highest BCUT2D eigenvalue weighted by atomic mass is 19.1. The molecule has 3 aromatic carbocycles. The lowest BCUT2D eigenvalue weighted by Crippen LogP contribution is -2.51. The van der Waals surface area contributed by atoms with Crippen molar-refractivity contribution in [3.05, 3.63) is 89.7 Å². The highest BCUT2D eigenvalue weighted by Crippen LogP contribution is 2.37. The average molecular weight is 464 g/mol. The van der Waals surface area contributed by atoms with Gasteiger partial charge in [0, 0.05) is 18.6 Å². The highest BCUT2D eigenvalue weighted by molar-refractivity contribution is 5.90. The van der Waals surface area contributed by atoms with Crippen LogP contribution in [-0.4, -0.2) is 36.7 Å². The van der Waals surface area contributed by atoms with Crippen molar-refractivity contribution in [1.82, 2.24) is 5.32 Å². The number of carbonyl (C=O) groups excluding carboxylic acids is 1. The molecule has 176 valence electrons. The van der Waals surface area contributed by atoms with E-state index in [9.17, 15) is 19.1 Å². The summed E-state index contributed by atoms with van der Waals surface area (Å²) in [4.78, 5) is 25.3. The van der Waals surface area contributed by atoms with Crippen molar-refractivity contribution in [3.8, 4) is 16.9 Å². The maximum atomic E-state index is 13.4.